The Morgan fingerprint density at radius 1 is 0.312 bits per heavy atom. The Hall–Kier alpha value is -9.37. The molecule has 15 nitrogen and oxygen atoms in total. The lowest BCUT2D eigenvalue weighted by Gasteiger charge is -2.15. The van der Waals surface area contributed by atoms with Crippen LogP contribution in [0.4, 0.5) is 22.7 Å². The van der Waals surface area contributed by atoms with E-state index in [0.29, 0.717) is 34.4 Å². The van der Waals surface area contributed by atoms with Crippen LogP contribution in [0.1, 0.15) is 57.4 Å². The minimum Gasteiger partial charge on any atom is -0.457 e. The molecule has 0 N–H and O–H groups in total. The van der Waals surface area contributed by atoms with Crippen molar-refractivity contribution in [2.75, 3.05) is 19.6 Å². The SMILES string of the molecule is O=C(c1ccc2c(c1)C(=O)N(c1ccc(Oc3ccc(N4C(=O)C=CC4=O)cc3)cc1)C2=O)c1ccc2c(c1)C(=O)N(c1ccc(Oc3ccc(N4C(=O)C=CC4=O)cc3)cc1)C2=O. The molecule has 308 valence electrons. The molecular weight excluding hydrogens is 821 g/mol. The zero-order valence-corrected chi connectivity index (χ0v) is 32.8. The molecular formula is C49H26N4O11. The van der Waals surface area contributed by atoms with Crippen molar-refractivity contribution in [3.8, 4) is 23.0 Å². The number of rotatable bonds is 10. The Balaban J connectivity index is 0.798. The number of fused-ring (bicyclic) bond motifs is 2. The zero-order chi connectivity index (χ0) is 44.4. The monoisotopic (exact) mass is 846 g/mol. The third kappa shape index (κ3) is 6.53. The molecule has 4 heterocycles. The van der Waals surface area contributed by atoms with Crippen molar-refractivity contribution in [3.63, 3.8) is 0 Å². The standard InChI is InChI=1S/C49H26N4O11/c54-41-21-22-42(55)50(41)29-3-11-33(12-4-29)63-35-15-7-31(8-16-35)52-46(59)37-19-1-27(25-39(37)48(52)61)45(58)28-2-20-38-40(26-28)49(62)53(47(38)60)32-9-17-36(18-10-32)64-34-13-5-30(6-14-34)51-43(56)23-24-44(51)57/h1-26H. The molecule has 64 heavy (non-hydrogen) atoms. The Labute approximate surface area is 361 Å². The largest absolute Gasteiger partial charge is 0.457 e. The van der Waals surface area contributed by atoms with Crippen LogP contribution in [0.5, 0.6) is 23.0 Å². The number of hydrogen-bond acceptors (Lipinski definition) is 11. The van der Waals surface area contributed by atoms with Gasteiger partial charge in [0.1, 0.15) is 23.0 Å². The summed E-state index contributed by atoms with van der Waals surface area (Å²) < 4.78 is 11.8. The number of benzene rings is 6. The fourth-order valence-corrected chi connectivity index (χ4v) is 7.63. The molecule has 10 rings (SSSR count). The summed E-state index contributed by atoms with van der Waals surface area (Å²) in [6.07, 6.45) is 4.76. The van der Waals surface area contributed by atoms with Gasteiger partial charge in [0, 0.05) is 35.4 Å². The summed E-state index contributed by atoms with van der Waals surface area (Å²) in [5.41, 5.74) is 1.66. The van der Waals surface area contributed by atoms with E-state index in [2.05, 4.69) is 0 Å². The van der Waals surface area contributed by atoms with Gasteiger partial charge in [-0.25, -0.2) is 19.6 Å². The van der Waals surface area contributed by atoms with Crippen LogP contribution < -0.4 is 29.1 Å². The van der Waals surface area contributed by atoms with Gasteiger partial charge in [-0.05, 0) is 121 Å². The lowest BCUT2D eigenvalue weighted by atomic mass is 9.96. The molecule has 6 aromatic carbocycles. The van der Waals surface area contributed by atoms with E-state index in [9.17, 15) is 43.2 Å². The summed E-state index contributed by atoms with van der Waals surface area (Å²) >= 11 is 0. The second-order valence-electron chi connectivity index (χ2n) is 14.6. The van der Waals surface area contributed by atoms with Crippen LogP contribution in [0, 0.1) is 0 Å². The molecule has 0 unspecified atom stereocenters. The number of hydrogen-bond donors (Lipinski definition) is 0. The maximum atomic E-state index is 13.8. The van der Waals surface area contributed by atoms with E-state index in [1.807, 2.05) is 0 Å². The Morgan fingerprint density at radius 2 is 0.578 bits per heavy atom. The van der Waals surface area contributed by atoms with Crippen molar-refractivity contribution >= 4 is 75.8 Å². The van der Waals surface area contributed by atoms with Crippen molar-refractivity contribution in [3.05, 3.63) is 191 Å². The summed E-state index contributed by atoms with van der Waals surface area (Å²) in [6.45, 7) is 0. The third-order valence-electron chi connectivity index (χ3n) is 10.8. The van der Waals surface area contributed by atoms with Gasteiger partial charge in [0.25, 0.3) is 47.3 Å². The van der Waals surface area contributed by atoms with Gasteiger partial charge in [-0.1, -0.05) is 12.1 Å². The summed E-state index contributed by atoms with van der Waals surface area (Å²) in [7, 11) is 0. The maximum Gasteiger partial charge on any atom is 0.266 e. The highest BCUT2D eigenvalue weighted by Crippen LogP contribution is 2.35. The minimum atomic E-state index is -0.648. The molecule has 8 amide bonds. The highest BCUT2D eigenvalue weighted by atomic mass is 16.5. The van der Waals surface area contributed by atoms with Crippen LogP contribution in [0.25, 0.3) is 0 Å². The van der Waals surface area contributed by atoms with Gasteiger partial charge in [0.05, 0.1) is 45.0 Å². The van der Waals surface area contributed by atoms with Crippen LogP contribution >= 0.6 is 0 Å². The van der Waals surface area contributed by atoms with Crippen molar-refractivity contribution in [1.82, 2.24) is 0 Å². The first-order valence-electron chi connectivity index (χ1n) is 19.4. The Morgan fingerprint density at radius 3 is 0.875 bits per heavy atom. The van der Waals surface area contributed by atoms with E-state index in [-0.39, 0.29) is 44.8 Å². The molecule has 15 heteroatoms. The second-order valence-corrected chi connectivity index (χ2v) is 14.6. The van der Waals surface area contributed by atoms with E-state index in [1.165, 1.54) is 85.0 Å². The zero-order valence-electron chi connectivity index (χ0n) is 32.8. The van der Waals surface area contributed by atoms with Crippen molar-refractivity contribution in [2.45, 2.75) is 0 Å². The molecule has 0 saturated heterocycles. The van der Waals surface area contributed by atoms with Gasteiger partial charge < -0.3 is 9.47 Å². The lowest BCUT2D eigenvalue weighted by molar-refractivity contribution is -0.121. The number of ketones is 1. The van der Waals surface area contributed by atoms with E-state index >= 15 is 0 Å². The van der Waals surface area contributed by atoms with Gasteiger partial charge in [0.15, 0.2) is 5.78 Å². The average Bonchev–Trinajstić information content (AvgIpc) is 3.99. The lowest BCUT2D eigenvalue weighted by Crippen LogP contribution is -2.29. The molecule has 0 radical (unpaired) electrons. The maximum absolute atomic E-state index is 13.8. The van der Waals surface area contributed by atoms with Crippen LogP contribution in [0.2, 0.25) is 0 Å². The fraction of sp³-hybridized carbons (Fsp3) is 0. The smallest absolute Gasteiger partial charge is 0.266 e. The number of amides is 8. The minimum absolute atomic E-state index is 0.0112. The fourth-order valence-electron chi connectivity index (χ4n) is 7.63. The van der Waals surface area contributed by atoms with E-state index in [0.717, 1.165) is 19.6 Å². The van der Waals surface area contributed by atoms with E-state index in [4.69, 9.17) is 9.47 Å². The number of anilines is 4. The Bertz CT molecular complexity index is 2920. The summed E-state index contributed by atoms with van der Waals surface area (Å²) in [6, 6.07) is 33.3. The molecule has 4 aliphatic heterocycles. The van der Waals surface area contributed by atoms with E-state index in [1.54, 1.807) is 72.8 Å². The molecule has 0 aromatic heterocycles. The predicted octanol–water partition coefficient (Wildman–Crippen LogP) is 6.96. The van der Waals surface area contributed by atoms with Gasteiger partial charge in [0.2, 0.25) is 0 Å². The molecule has 0 atom stereocenters. The predicted molar refractivity (Wildman–Crippen MR) is 228 cm³/mol. The van der Waals surface area contributed by atoms with Crippen LogP contribution in [-0.4, -0.2) is 53.0 Å². The van der Waals surface area contributed by atoms with Crippen LogP contribution in [0.15, 0.2) is 158 Å². The van der Waals surface area contributed by atoms with E-state index < -0.39 is 53.0 Å². The number of imide groups is 4. The third-order valence-corrected chi connectivity index (χ3v) is 10.8. The normalized spacial score (nSPS) is 15.2. The van der Waals surface area contributed by atoms with Gasteiger partial charge in [-0.2, -0.15) is 0 Å². The first kappa shape index (κ1) is 38.8. The number of carbonyl (C=O) groups excluding carboxylic acids is 9. The van der Waals surface area contributed by atoms with Crippen molar-refractivity contribution < 1.29 is 52.6 Å². The highest BCUT2D eigenvalue weighted by molar-refractivity contribution is 6.36. The van der Waals surface area contributed by atoms with Crippen LogP contribution in [-0.2, 0) is 19.2 Å². The van der Waals surface area contributed by atoms with Gasteiger partial charge in [-0.15, -0.1) is 0 Å². The number of carbonyl (C=O) groups is 9. The molecule has 4 aliphatic rings. The van der Waals surface area contributed by atoms with Crippen LogP contribution in [0.3, 0.4) is 0 Å². The summed E-state index contributed by atoms with van der Waals surface area (Å²) in [4.78, 5) is 120. The highest BCUT2D eigenvalue weighted by Gasteiger charge is 2.39. The topological polar surface area (TPSA) is 185 Å². The average molecular weight is 847 g/mol. The molecule has 0 aliphatic carbocycles. The first-order valence-corrected chi connectivity index (χ1v) is 19.4. The summed E-state index contributed by atoms with van der Waals surface area (Å²) in [5.74, 6) is -3.21. The molecule has 6 aromatic rings. The first-order chi connectivity index (χ1) is 30.9. The number of ether oxygens (including phenoxy) is 2. The second kappa shape index (κ2) is 15.0. The Kier molecular flexibility index (Phi) is 9.07. The van der Waals surface area contributed by atoms with Gasteiger partial charge >= 0.3 is 0 Å². The quantitative estimate of drug-likeness (QED) is 0.103. The number of nitrogens with zero attached hydrogens (tertiary/aromatic N) is 4. The van der Waals surface area contributed by atoms with Crippen molar-refractivity contribution in [2.24, 2.45) is 0 Å². The summed E-state index contributed by atoms with van der Waals surface area (Å²) in [5, 5.41) is 0. The van der Waals surface area contributed by atoms with Crippen molar-refractivity contribution in [1.29, 1.82) is 0 Å². The molecule has 0 bridgehead atoms. The molecule has 0 fully saturated rings. The van der Waals surface area contributed by atoms with Gasteiger partial charge in [-0.3, -0.25) is 43.2 Å². The molecule has 0 spiro atoms. The molecule has 0 saturated carbocycles.